The number of nitrogens with one attached hydrogen (secondary N) is 2. The number of carbonyl (C=O) groups is 1. The van der Waals surface area contributed by atoms with Crippen LogP contribution in [-0.2, 0) is 11.2 Å². The van der Waals surface area contributed by atoms with Crippen molar-refractivity contribution in [3.8, 4) is 0 Å². The van der Waals surface area contributed by atoms with Crippen LogP contribution in [-0.4, -0.2) is 24.0 Å². The normalized spacial score (nSPS) is 11.9. The molecule has 1 amide bonds. The Morgan fingerprint density at radius 1 is 1.50 bits per heavy atom. The minimum atomic E-state index is -0.141. The molecule has 0 aliphatic carbocycles. The summed E-state index contributed by atoms with van der Waals surface area (Å²) < 4.78 is 0. The zero-order chi connectivity index (χ0) is 13.8. The second-order valence-electron chi connectivity index (χ2n) is 4.68. The number of H-pyrrole nitrogens is 1. The molecule has 0 radical (unpaired) electrons. The molecule has 110 valence electrons. The van der Waals surface area contributed by atoms with E-state index in [0.717, 1.165) is 22.9 Å². The van der Waals surface area contributed by atoms with E-state index in [4.69, 9.17) is 17.3 Å². The number of rotatable bonds is 5. The Kier molecular flexibility index (Phi) is 6.33. The maximum absolute atomic E-state index is 11.6. The Balaban J connectivity index is 0.00000200. The topological polar surface area (TPSA) is 70.9 Å². The van der Waals surface area contributed by atoms with Crippen LogP contribution in [0.2, 0.25) is 5.02 Å². The van der Waals surface area contributed by atoms with Crippen molar-refractivity contribution in [2.45, 2.75) is 13.3 Å². The molecular weight excluding hydrogens is 297 g/mol. The van der Waals surface area contributed by atoms with Crippen molar-refractivity contribution >= 4 is 40.8 Å². The van der Waals surface area contributed by atoms with Crippen LogP contribution in [0.25, 0.3) is 10.9 Å². The van der Waals surface area contributed by atoms with E-state index in [9.17, 15) is 4.79 Å². The van der Waals surface area contributed by atoms with Crippen LogP contribution < -0.4 is 11.1 Å². The second-order valence-corrected chi connectivity index (χ2v) is 5.12. The van der Waals surface area contributed by atoms with Gasteiger partial charge < -0.3 is 16.0 Å². The summed E-state index contributed by atoms with van der Waals surface area (Å²) in [7, 11) is 0. The molecule has 0 aliphatic heterocycles. The number of halogens is 2. The summed E-state index contributed by atoms with van der Waals surface area (Å²) in [5, 5.41) is 4.71. The van der Waals surface area contributed by atoms with E-state index in [1.165, 1.54) is 0 Å². The van der Waals surface area contributed by atoms with Crippen molar-refractivity contribution in [1.82, 2.24) is 10.3 Å². The molecule has 0 aliphatic rings. The molecule has 1 aromatic carbocycles. The molecule has 2 rings (SSSR count). The van der Waals surface area contributed by atoms with Gasteiger partial charge in [0, 0.05) is 41.1 Å². The molecule has 0 fully saturated rings. The number of fused-ring (bicyclic) bond motifs is 1. The lowest BCUT2D eigenvalue weighted by Gasteiger charge is -2.09. The molecule has 0 saturated heterocycles. The molecule has 4 nitrogen and oxygen atoms in total. The first-order valence-electron chi connectivity index (χ1n) is 6.35. The largest absolute Gasteiger partial charge is 0.361 e. The van der Waals surface area contributed by atoms with Crippen LogP contribution in [0.15, 0.2) is 24.4 Å². The number of hydrogen-bond donors (Lipinski definition) is 3. The second kappa shape index (κ2) is 7.53. The summed E-state index contributed by atoms with van der Waals surface area (Å²) in [5.74, 6) is -0.141. The minimum absolute atomic E-state index is 0. The Morgan fingerprint density at radius 3 is 2.95 bits per heavy atom. The highest BCUT2D eigenvalue weighted by Crippen LogP contribution is 2.22. The third kappa shape index (κ3) is 3.88. The van der Waals surface area contributed by atoms with Gasteiger partial charge in [0.2, 0.25) is 5.91 Å². The fraction of sp³-hybridized carbons (Fsp3) is 0.357. The average molecular weight is 316 g/mol. The van der Waals surface area contributed by atoms with E-state index < -0.39 is 0 Å². The van der Waals surface area contributed by atoms with Crippen molar-refractivity contribution in [3.63, 3.8) is 0 Å². The van der Waals surface area contributed by atoms with Gasteiger partial charge in [-0.1, -0.05) is 18.5 Å². The first-order valence-corrected chi connectivity index (χ1v) is 6.73. The SMILES string of the molecule is CC(CN)C(=O)NCCc1c[nH]c2ccc(Cl)cc12.Cl. The maximum atomic E-state index is 11.6. The predicted octanol–water partition coefficient (Wildman–Crippen LogP) is 2.50. The van der Waals surface area contributed by atoms with Crippen LogP contribution in [0.5, 0.6) is 0 Å². The van der Waals surface area contributed by atoms with Gasteiger partial charge >= 0.3 is 0 Å². The summed E-state index contributed by atoms with van der Waals surface area (Å²) in [6.45, 7) is 2.79. The first kappa shape index (κ1) is 16.8. The number of amides is 1. The van der Waals surface area contributed by atoms with Gasteiger partial charge in [0.15, 0.2) is 0 Å². The van der Waals surface area contributed by atoms with Gasteiger partial charge in [0.25, 0.3) is 0 Å². The monoisotopic (exact) mass is 315 g/mol. The predicted molar refractivity (Wildman–Crippen MR) is 85.5 cm³/mol. The highest BCUT2D eigenvalue weighted by molar-refractivity contribution is 6.31. The van der Waals surface area contributed by atoms with Crippen LogP contribution in [0.4, 0.5) is 0 Å². The zero-order valence-corrected chi connectivity index (χ0v) is 12.9. The Labute approximate surface area is 129 Å². The zero-order valence-electron chi connectivity index (χ0n) is 11.3. The number of aromatic nitrogens is 1. The van der Waals surface area contributed by atoms with E-state index in [2.05, 4.69) is 10.3 Å². The fourth-order valence-corrected chi connectivity index (χ4v) is 2.13. The molecule has 2 aromatic rings. The number of hydrogen-bond acceptors (Lipinski definition) is 2. The molecule has 1 atom stereocenters. The van der Waals surface area contributed by atoms with Crippen LogP contribution >= 0.6 is 24.0 Å². The van der Waals surface area contributed by atoms with E-state index in [0.29, 0.717) is 18.1 Å². The van der Waals surface area contributed by atoms with Crippen molar-refractivity contribution in [2.75, 3.05) is 13.1 Å². The average Bonchev–Trinajstić information content (AvgIpc) is 2.80. The van der Waals surface area contributed by atoms with Gasteiger partial charge in [0.1, 0.15) is 0 Å². The first-order chi connectivity index (χ1) is 9.11. The molecule has 0 bridgehead atoms. The van der Waals surface area contributed by atoms with Crippen LogP contribution in [0.1, 0.15) is 12.5 Å². The van der Waals surface area contributed by atoms with Crippen LogP contribution in [0.3, 0.4) is 0 Å². The van der Waals surface area contributed by atoms with Crippen molar-refractivity contribution < 1.29 is 4.79 Å². The van der Waals surface area contributed by atoms with E-state index in [1.54, 1.807) is 0 Å². The lowest BCUT2D eigenvalue weighted by Crippen LogP contribution is -2.34. The van der Waals surface area contributed by atoms with Crippen molar-refractivity contribution in [3.05, 3.63) is 35.0 Å². The van der Waals surface area contributed by atoms with Gasteiger partial charge in [-0.3, -0.25) is 4.79 Å². The summed E-state index contributed by atoms with van der Waals surface area (Å²) in [6, 6.07) is 5.75. The Morgan fingerprint density at radius 2 is 2.25 bits per heavy atom. The molecule has 1 unspecified atom stereocenters. The molecule has 0 saturated carbocycles. The Bertz CT molecular complexity index is 583. The quantitative estimate of drug-likeness (QED) is 0.793. The summed E-state index contributed by atoms with van der Waals surface area (Å²) in [6.07, 6.45) is 2.73. The maximum Gasteiger partial charge on any atom is 0.224 e. The molecule has 1 aromatic heterocycles. The van der Waals surface area contributed by atoms with Crippen molar-refractivity contribution in [2.24, 2.45) is 11.7 Å². The number of carbonyl (C=O) groups excluding carboxylic acids is 1. The van der Waals surface area contributed by atoms with E-state index in [1.807, 2.05) is 31.3 Å². The number of benzene rings is 1. The highest BCUT2D eigenvalue weighted by Gasteiger charge is 2.10. The van der Waals surface area contributed by atoms with Gasteiger partial charge in [-0.05, 0) is 30.2 Å². The third-order valence-corrected chi connectivity index (χ3v) is 3.46. The van der Waals surface area contributed by atoms with Gasteiger partial charge in [-0.15, -0.1) is 12.4 Å². The van der Waals surface area contributed by atoms with Gasteiger partial charge in [-0.2, -0.15) is 0 Å². The summed E-state index contributed by atoms with van der Waals surface area (Å²) >= 11 is 5.99. The third-order valence-electron chi connectivity index (χ3n) is 3.22. The lowest BCUT2D eigenvalue weighted by molar-refractivity contribution is -0.124. The van der Waals surface area contributed by atoms with Gasteiger partial charge in [0.05, 0.1) is 0 Å². The van der Waals surface area contributed by atoms with Crippen molar-refractivity contribution in [1.29, 1.82) is 0 Å². The number of aromatic amines is 1. The Hall–Kier alpha value is -1.23. The smallest absolute Gasteiger partial charge is 0.224 e. The molecular formula is C14H19Cl2N3O. The standard InChI is InChI=1S/C14H18ClN3O.ClH/c1-9(7-16)14(19)17-5-4-10-8-18-13-3-2-11(15)6-12(10)13;/h2-3,6,8-9,18H,4-5,7,16H2,1H3,(H,17,19);1H. The van der Waals surface area contributed by atoms with E-state index in [-0.39, 0.29) is 24.2 Å². The van der Waals surface area contributed by atoms with E-state index >= 15 is 0 Å². The number of nitrogens with two attached hydrogens (primary N) is 1. The molecule has 1 heterocycles. The molecule has 20 heavy (non-hydrogen) atoms. The van der Waals surface area contributed by atoms with Crippen LogP contribution in [0, 0.1) is 5.92 Å². The highest BCUT2D eigenvalue weighted by atomic mass is 35.5. The molecule has 0 spiro atoms. The fourth-order valence-electron chi connectivity index (χ4n) is 1.96. The molecule has 4 N–H and O–H groups in total. The summed E-state index contributed by atoms with van der Waals surface area (Å²) in [5.41, 5.74) is 7.66. The van der Waals surface area contributed by atoms with Gasteiger partial charge in [-0.25, -0.2) is 0 Å². The lowest BCUT2D eigenvalue weighted by atomic mass is 10.1. The molecule has 6 heteroatoms. The summed E-state index contributed by atoms with van der Waals surface area (Å²) in [4.78, 5) is 14.8. The minimum Gasteiger partial charge on any atom is -0.361 e.